The Bertz CT molecular complexity index is 6030. The predicted octanol–water partition coefficient (Wildman–Crippen LogP) is 20.8. The van der Waals surface area contributed by atoms with Crippen molar-refractivity contribution in [3.05, 3.63) is 386 Å². The Morgan fingerprint density at radius 1 is 0.296 bits per heavy atom. The van der Waals surface area contributed by atoms with Crippen molar-refractivity contribution in [2.75, 3.05) is 9.80 Å². The molecule has 0 bridgehead atoms. The number of rotatable bonds is 16. The van der Waals surface area contributed by atoms with Gasteiger partial charge in [0.05, 0.1) is 50.6 Å². The van der Waals surface area contributed by atoms with E-state index < -0.39 is 11.9 Å². The number of para-hydroxylation sites is 4. The fourth-order valence-electron chi connectivity index (χ4n) is 15.4. The number of fused-ring (bicyclic) bond motifs is 7. The van der Waals surface area contributed by atoms with Crippen LogP contribution in [0.15, 0.2) is 364 Å². The predicted molar refractivity (Wildman–Crippen MR) is 435 cm³/mol. The highest BCUT2D eigenvalue weighted by Crippen LogP contribution is 2.47. The van der Waals surface area contributed by atoms with Crippen LogP contribution in [-0.4, -0.2) is 43.2 Å². The lowest BCUT2D eigenvalue weighted by Crippen LogP contribution is -2.61. The third-order valence-corrected chi connectivity index (χ3v) is 20.5. The summed E-state index contributed by atoms with van der Waals surface area (Å²) in [4.78, 5) is 55.5. The molecule has 11 nitrogen and oxygen atoms in total. The van der Waals surface area contributed by atoms with Gasteiger partial charge in [0.1, 0.15) is 13.2 Å². The van der Waals surface area contributed by atoms with Crippen LogP contribution in [0.1, 0.15) is 31.8 Å². The number of nitrogens with zero attached hydrogens (tertiary/aromatic N) is 7. The lowest BCUT2D eigenvalue weighted by molar-refractivity contribution is 0.0464. The quantitative estimate of drug-likeness (QED) is 0.0684. The molecule has 12 heteroatoms. The molecule has 0 atom stereocenters. The summed E-state index contributed by atoms with van der Waals surface area (Å²) in [6, 6.07) is 124. The topological polar surface area (TPSA) is 116 Å². The molecule has 0 saturated heterocycles. The summed E-state index contributed by atoms with van der Waals surface area (Å²) in [5.74, 6) is 0.0262. The van der Waals surface area contributed by atoms with Crippen molar-refractivity contribution < 1.29 is 19.1 Å². The maximum absolute atomic E-state index is 14.3. The Hall–Kier alpha value is -14.4. The Kier molecular flexibility index (Phi) is 16.5. The molecular weight excluding hydrogens is 1330 g/mol. The molecule has 0 aliphatic carbocycles. The lowest BCUT2D eigenvalue weighted by Gasteiger charge is -2.44. The van der Waals surface area contributed by atoms with E-state index in [9.17, 15) is 9.59 Å². The number of hydrogen-bond donors (Lipinski definition) is 0. The lowest BCUT2D eigenvalue weighted by atomic mass is 9.33. The van der Waals surface area contributed by atoms with E-state index in [-0.39, 0.29) is 19.9 Å². The number of carbonyl (C=O) groups excluding carboxylic acids is 2. The normalized spacial score (nSPS) is 12.0. The van der Waals surface area contributed by atoms with Gasteiger partial charge in [0.25, 0.3) is 6.71 Å². The first-order chi connectivity index (χ1) is 53.4. The average Bonchev–Trinajstić information content (AvgIpc) is 1.03. The molecule has 3 aromatic heterocycles. The largest absolute Gasteiger partial charge is 0.457 e. The van der Waals surface area contributed by atoms with Crippen LogP contribution in [0.3, 0.4) is 0 Å². The van der Waals surface area contributed by atoms with Gasteiger partial charge < -0.3 is 23.8 Å². The minimum atomic E-state index is -0.489. The van der Waals surface area contributed by atoms with Gasteiger partial charge in [0.2, 0.25) is 0 Å². The summed E-state index contributed by atoms with van der Waals surface area (Å²) < 4.78 is 14.2. The smallest absolute Gasteiger partial charge is 0.338 e. The van der Waals surface area contributed by atoms with Gasteiger partial charge in [0.15, 0.2) is 11.6 Å². The standard InChI is InChI=1S/C96H64BN7O4/c105-95(107-61-63-27-8-1-9-28-63)71-48-51-85-76(55-71)77-56-72(96(106)108-62-64-29-10-2-11-30-64)49-52-86(77)104(85)87-50-47-70(84-59-81(65-31-12-3-13-32-65)98-93(99-84)67-35-16-5-17-36-67)54-78(87)94-100-82(66-33-14-4-15-34-66)60-83(101-94)69-38-26-37-68(53-69)73-57-90-92-91(58-73)103(75-41-20-7-21-42-75)89-46-25-23-44-80(89)97(92)79-43-22-24-45-88(79)102(90)74-39-18-6-19-40-74/h1-60H,61-62H2. The Morgan fingerprint density at radius 2 is 0.694 bits per heavy atom. The third kappa shape index (κ3) is 12.0. The number of anilines is 6. The van der Waals surface area contributed by atoms with Crippen molar-refractivity contribution >= 4 is 91.0 Å². The van der Waals surface area contributed by atoms with Crippen LogP contribution in [0, 0.1) is 0 Å². The molecule has 2 aliphatic heterocycles. The molecule has 17 aromatic rings. The van der Waals surface area contributed by atoms with E-state index in [1.54, 1.807) is 12.1 Å². The Labute approximate surface area is 624 Å². The number of ether oxygens (including phenoxy) is 2. The minimum Gasteiger partial charge on any atom is -0.457 e. The second-order valence-corrected chi connectivity index (χ2v) is 27.1. The molecule has 510 valence electrons. The second kappa shape index (κ2) is 27.7. The van der Waals surface area contributed by atoms with E-state index in [1.165, 1.54) is 16.4 Å². The molecule has 19 rings (SSSR count). The van der Waals surface area contributed by atoms with Crippen LogP contribution in [0.5, 0.6) is 0 Å². The van der Waals surface area contributed by atoms with E-state index in [1.807, 2.05) is 158 Å². The van der Waals surface area contributed by atoms with Crippen molar-refractivity contribution in [2.24, 2.45) is 0 Å². The summed E-state index contributed by atoms with van der Waals surface area (Å²) in [7, 11) is 0. The van der Waals surface area contributed by atoms with Crippen LogP contribution in [0.2, 0.25) is 0 Å². The fourth-order valence-corrected chi connectivity index (χ4v) is 15.4. The molecular formula is C96H64BN7O4. The Morgan fingerprint density at radius 3 is 1.19 bits per heavy atom. The molecule has 5 heterocycles. The maximum Gasteiger partial charge on any atom is 0.338 e. The van der Waals surface area contributed by atoms with E-state index in [0.29, 0.717) is 56.2 Å². The van der Waals surface area contributed by atoms with Gasteiger partial charge in [-0.3, -0.25) is 0 Å². The van der Waals surface area contributed by atoms with Gasteiger partial charge in [-0.05, 0) is 154 Å². The third-order valence-electron chi connectivity index (χ3n) is 20.5. The molecule has 108 heavy (non-hydrogen) atoms. The average molecular weight is 1390 g/mol. The van der Waals surface area contributed by atoms with Gasteiger partial charge in [-0.2, -0.15) is 0 Å². The van der Waals surface area contributed by atoms with Crippen molar-refractivity contribution in [3.8, 4) is 84.6 Å². The van der Waals surface area contributed by atoms with Gasteiger partial charge in [-0.25, -0.2) is 29.5 Å². The highest BCUT2D eigenvalue weighted by atomic mass is 16.5. The SMILES string of the molecule is O=C(OCc1ccccc1)c1ccc2c(c1)c1cc(C(=O)OCc3ccccc3)ccc1n2-c1ccc(-c2cc(-c3ccccc3)nc(-c3ccccc3)n2)cc1-c1nc(-c2ccccc2)cc(-c2cccc(-c3cc4c5c(c3)N(c3ccccc3)c3ccccc3B5c3ccccc3N4c3ccccc3)c2)n1. The zero-order valence-electron chi connectivity index (χ0n) is 58.4. The number of aromatic nitrogens is 5. The first-order valence-corrected chi connectivity index (χ1v) is 36.1. The van der Waals surface area contributed by atoms with Gasteiger partial charge >= 0.3 is 11.9 Å². The van der Waals surface area contributed by atoms with Crippen molar-refractivity contribution in [3.63, 3.8) is 0 Å². The zero-order valence-corrected chi connectivity index (χ0v) is 58.4. The minimum absolute atomic E-state index is 0.0477. The van der Waals surface area contributed by atoms with Crippen molar-refractivity contribution in [1.29, 1.82) is 0 Å². The van der Waals surface area contributed by atoms with Gasteiger partial charge in [-0.1, -0.05) is 249 Å². The summed E-state index contributed by atoms with van der Waals surface area (Å²) in [6.45, 7) is 0.135. The Balaban J connectivity index is 0.824. The van der Waals surface area contributed by atoms with Gasteiger partial charge in [0, 0.05) is 78.3 Å². The second-order valence-electron chi connectivity index (χ2n) is 27.1. The van der Waals surface area contributed by atoms with E-state index in [4.69, 9.17) is 29.4 Å². The van der Waals surface area contributed by atoms with Crippen LogP contribution >= 0.6 is 0 Å². The summed E-state index contributed by atoms with van der Waals surface area (Å²) in [6.07, 6.45) is 0. The fraction of sp³-hybridized carbons (Fsp3) is 0.0208. The maximum atomic E-state index is 14.3. The molecule has 0 fully saturated rings. The van der Waals surface area contributed by atoms with Crippen LogP contribution in [0.25, 0.3) is 106 Å². The summed E-state index contributed by atoms with van der Waals surface area (Å²) in [5.41, 5.74) is 24.8. The van der Waals surface area contributed by atoms with Crippen molar-refractivity contribution in [1.82, 2.24) is 24.5 Å². The van der Waals surface area contributed by atoms with Gasteiger partial charge in [-0.15, -0.1) is 0 Å². The molecule has 2 aliphatic rings. The van der Waals surface area contributed by atoms with Crippen molar-refractivity contribution in [2.45, 2.75) is 13.2 Å². The van der Waals surface area contributed by atoms with E-state index in [0.717, 1.165) is 107 Å². The van der Waals surface area contributed by atoms with Crippen LogP contribution < -0.4 is 26.2 Å². The van der Waals surface area contributed by atoms with E-state index >= 15 is 0 Å². The zero-order chi connectivity index (χ0) is 72.0. The van der Waals surface area contributed by atoms with E-state index in [2.05, 4.69) is 208 Å². The number of hydrogen-bond acceptors (Lipinski definition) is 10. The first kappa shape index (κ1) is 64.5. The molecule has 0 N–H and O–H groups in total. The summed E-state index contributed by atoms with van der Waals surface area (Å²) in [5, 5.41) is 1.41. The molecule has 0 spiro atoms. The molecule has 0 saturated carbocycles. The molecule has 0 unspecified atom stereocenters. The van der Waals surface area contributed by atoms with Crippen LogP contribution in [-0.2, 0) is 22.7 Å². The molecule has 14 aromatic carbocycles. The highest BCUT2D eigenvalue weighted by Gasteiger charge is 2.43. The molecule has 0 radical (unpaired) electrons. The molecule has 0 amide bonds. The first-order valence-electron chi connectivity index (χ1n) is 36.1. The monoisotopic (exact) mass is 1390 g/mol. The number of esters is 2. The van der Waals surface area contributed by atoms with Crippen LogP contribution in [0.4, 0.5) is 34.1 Å². The number of benzene rings is 14. The highest BCUT2D eigenvalue weighted by molar-refractivity contribution is 7.00. The number of carbonyl (C=O) groups is 2. The summed E-state index contributed by atoms with van der Waals surface area (Å²) >= 11 is 0.